The van der Waals surface area contributed by atoms with Crippen molar-refractivity contribution in [2.75, 3.05) is 19.7 Å². The number of hydrogen-bond donors (Lipinski definition) is 1. The highest BCUT2D eigenvalue weighted by Gasteiger charge is 2.26. The van der Waals surface area contributed by atoms with Crippen molar-refractivity contribution in [1.82, 2.24) is 4.90 Å². The number of rotatable bonds is 3. The molecule has 2 unspecified atom stereocenters. The average Bonchev–Trinajstić information content (AvgIpc) is 2.80. The standard InChI is InChI=1S/C14H19NO3S/c1-10-5-6-19-13(10)3-4-14(17)15-7-11(2)18-12(8-15)9-16/h3-6,11-12,16H,7-9H2,1-2H3/b4-3+. The highest BCUT2D eigenvalue weighted by molar-refractivity contribution is 7.11. The van der Waals surface area contributed by atoms with E-state index in [2.05, 4.69) is 0 Å². The number of amides is 1. The highest BCUT2D eigenvalue weighted by atomic mass is 32.1. The third-order valence-corrected chi connectivity index (χ3v) is 4.10. The van der Waals surface area contributed by atoms with Crippen LogP contribution in [-0.2, 0) is 9.53 Å². The molecule has 1 aromatic heterocycles. The van der Waals surface area contributed by atoms with Crippen molar-refractivity contribution >= 4 is 23.3 Å². The number of ether oxygens (including phenoxy) is 1. The molecule has 0 aliphatic carbocycles. The summed E-state index contributed by atoms with van der Waals surface area (Å²) in [6.45, 7) is 4.91. The van der Waals surface area contributed by atoms with Crippen molar-refractivity contribution in [1.29, 1.82) is 0 Å². The Morgan fingerprint density at radius 3 is 3.05 bits per heavy atom. The number of hydrogen-bond acceptors (Lipinski definition) is 4. The van der Waals surface area contributed by atoms with E-state index >= 15 is 0 Å². The van der Waals surface area contributed by atoms with Gasteiger partial charge in [0.25, 0.3) is 0 Å². The molecule has 4 nitrogen and oxygen atoms in total. The number of nitrogens with zero attached hydrogens (tertiary/aromatic N) is 1. The van der Waals surface area contributed by atoms with E-state index in [0.29, 0.717) is 13.1 Å². The summed E-state index contributed by atoms with van der Waals surface area (Å²) in [7, 11) is 0. The normalized spacial score (nSPS) is 24.1. The van der Waals surface area contributed by atoms with Crippen molar-refractivity contribution in [2.45, 2.75) is 26.1 Å². The van der Waals surface area contributed by atoms with Crippen LogP contribution in [0.25, 0.3) is 6.08 Å². The van der Waals surface area contributed by atoms with Gasteiger partial charge in [0, 0.05) is 24.0 Å². The lowest BCUT2D eigenvalue weighted by Gasteiger charge is -2.35. The topological polar surface area (TPSA) is 49.8 Å². The number of aliphatic hydroxyl groups excluding tert-OH is 1. The SMILES string of the molecule is Cc1ccsc1/C=C/C(=O)N1CC(C)OC(CO)C1. The van der Waals surface area contributed by atoms with Gasteiger partial charge in [-0.15, -0.1) is 11.3 Å². The third-order valence-electron chi connectivity index (χ3n) is 3.12. The van der Waals surface area contributed by atoms with Crippen LogP contribution in [0.4, 0.5) is 0 Å². The lowest BCUT2D eigenvalue weighted by Crippen LogP contribution is -2.49. The smallest absolute Gasteiger partial charge is 0.246 e. The van der Waals surface area contributed by atoms with E-state index in [9.17, 15) is 4.79 Å². The fraction of sp³-hybridized carbons (Fsp3) is 0.500. The summed E-state index contributed by atoms with van der Waals surface area (Å²) in [6, 6.07) is 2.04. The highest BCUT2D eigenvalue weighted by Crippen LogP contribution is 2.18. The Bertz CT molecular complexity index is 469. The summed E-state index contributed by atoms with van der Waals surface area (Å²) in [5, 5.41) is 11.2. The Hall–Kier alpha value is -1.17. The fourth-order valence-corrected chi connectivity index (χ4v) is 2.95. The monoisotopic (exact) mass is 281 g/mol. The minimum Gasteiger partial charge on any atom is -0.394 e. The quantitative estimate of drug-likeness (QED) is 0.858. The van der Waals surface area contributed by atoms with E-state index in [1.807, 2.05) is 31.4 Å². The maximum absolute atomic E-state index is 12.1. The van der Waals surface area contributed by atoms with Crippen LogP contribution in [0.2, 0.25) is 0 Å². The Labute approximate surface area is 117 Å². The van der Waals surface area contributed by atoms with Gasteiger partial charge in [-0.2, -0.15) is 0 Å². The van der Waals surface area contributed by atoms with Crippen LogP contribution >= 0.6 is 11.3 Å². The van der Waals surface area contributed by atoms with E-state index in [-0.39, 0.29) is 24.7 Å². The van der Waals surface area contributed by atoms with Gasteiger partial charge in [-0.3, -0.25) is 4.79 Å². The molecule has 0 saturated carbocycles. The van der Waals surface area contributed by atoms with Crippen molar-refractivity contribution in [3.8, 4) is 0 Å². The molecular formula is C14H19NO3S. The third kappa shape index (κ3) is 3.65. The maximum Gasteiger partial charge on any atom is 0.246 e. The van der Waals surface area contributed by atoms with Gasteiger partial charge in [-0.1, -0.05) is 0 Å². The lowest BCUT2D eigenvalue weighted by molar-refractivity contribution is -0.142. The number of thiophene rings is 1. The Morgan fingerprint density at radius 1 is 1.63 bits per heavy atom. The first-order valence-corrected chi connectivity index (χ1v) is 7.25. The molecule has 19 heavy (non-hydrogen) atoms. The van der Waals surface area contributed by atoms with Crippen molar-refractivity contribution in [3.63, 3.8) is 0 Å². The second-order valence-corrected chi connectivity index (χ2v) is 5.74. The van der Waals surface area contributed by atoms with Crippen molar-refractivity contribution < 1.29 is 14.6 Å². The molecule has 104 valence electrons. The summed E-state index contributed by atoms with van der Waals surface area (Å²) in [4.78, 5) is 15.0. The van der Waals surface area contributed by atoms with E-state index < -0.39 is 0 Å². The number of carbonyl (C=O) groups is 1. The van der Waals surface area contributed by atoms with Gasteiger partial charge in [0.05, 0.1) is 18.8 Å². The fourth-order valence-electron chi connectivity index (χ4n) is 2.13. The zero-order valence-electron chi connectivity index (χ0n) is 11.2. The first kappa shape index (κ1) is 14.2. The Kier molecular flexibility index (Phi) is 4.74. The van der Waals surface area contributed by atoms with Gasteiger partial charge >= 0.3 is 0 Å². The molecule has 0 radical (unpaired) electrons. The number of morpholine rings is 1. The molecule has 1 N–H and O–H groups in total. The zero-order chi connectivity index (χ0) is 13.8. The van der Waals surface area contributed by atoms with E-state index in [0.717, 1.165) is 4.88 Å². The van der Waals surface area contributed by atoms with E-state index in [1.165, 1.54) is 5.56 Å². The van der Waals surface area contributed by atoms with Crippen LogP contribution in [0.5, 0.6) is 0 Å². The largest absolute Gasteiger partial charge is 0.394 e. The first-order chi connectivity index (χ1) is 9.10. The van der Waals surface area contributed by atoms with E-state index in [1.54, 1.807) is 22.3 Å². The van der Waals surface area contributed by atoms with E-state index in [4.69, 9.17) is 9.84 Å². The predicted octanol–water partition coefficient (Wildman–Crippen LogP) is 1.68. The van der Waals surface area contributed by atoms with Gasteiger partial charge in [0.2, 0.25) is 5.91 Å². The van der Waals surface area contributed by atoms with Gasteiger partial charge in [0.1, 0.15) is 0 Å². The van der Waals surface area contributed by atoms with Crippen LogP contribution in [0, 0.1) is 6.92 Å². The van der Waals surface area contributed by atoms with Gasteiger partial charge in [-0.05, 0) is 36.9 Å². The van der Waals surface area contributed by atoms with Crippen LogP contribution in [0.15, 0.2) is 17.5 Å². The number of carbonyl (C=O) groups excluding carboxylic acids is 1. The summed E-state index contributed by atoms with van der Waals surface area (Å²) < 4.78 is 5.52. The molecule has 0 aromatic carbocycles. The molecule has 5 heteroatoms. The van der Waals surface area contributed by atoms with Crippen molar-refractivity contribution in [2.24, 2.45) is 0 Å². The van der Waals surface area contributed by atoms with Crippen LogP contribution in [0.1, 0.15) is 17.4 Å². The van der Waals surface area contributed by atoms with Gasteiger partial charge in [-0.25, -0.2) is 0 Å². The minimum atomic E-state index is -0.274. The molecular weight excluding hydrogens is 262 g/mol. The molecule has 1 fully saturated rings. The first-order valence-electron chi connectivity index (χ1n) is 6.37. The summed E-state index contributed by atoms with van der Waals surface area (Å²) in [5.74, 6) is -0.0265. The predicted molar refractivity (Wildman–Crippen MR) is 76.1 cm³/mol. The molecule has 0 spiro atoms. The summed E-state index contributed by atoms with van der Waals surface area (Å²) in [6.07, 6.45) is 3.15. The Balaban J connectivity index is 1.99. The zero-order valence-corrected chi connectivity index (χ0v) is 12.0. The molecule has 1 saturated heterocycles. The molecule has 2 heterocycles. The Morgan fingerprint density at radius 2 is 2.42 bits per heavy atom. The minimum absolute atomic E-state index is 0.0265. The summed E-state index contributed by atoms with van der Waals surface area (Å²) >= 11 is 1.62. The molecule has 2 atom stereocenters. The van der Waals surface area contributed by atoms with Gasteiger partial charge in [0.15, 0.2) is 0 Å². The molecule has 0 bridgehead atoms. The average molecular weight is 281 g/mol. The second kappa shape index (κ2) is 6.32. The second-order valence-electron chi connectivity index (χ2n) is 4.80. The van der Waals surface area contributed by atoms with Gasteiger partial charge < -0.3 is 14.7 Å². The van der Waals surface area contributed by atoms with Crippen LogP contribution in [0.3, 0.4) is 0 Å². The van der Waals surface area contributed by atoms with Crippen LogP contribution in [-0.4, -0.2) is 47.8 Å². The molecule has 1 aliphatic rings. The van der Waals surface area contributed by atoms with Crippen LogP contribution < -0.4 is 0 Å². The summed E-state index contributed by atoms with van der Waals surface area (Å²) in [5.41, 5.74) is 1.18. The lowest BCUT2D eigenvalue weighted by atomic mass is 10.2. The van der Waals surface area contributed by atoms with Crippen molar-refractivity contribution in [3.05, 3.63) is 28.0 Å². The number of aliphatic hydroxyl groups is 1. The molecule has 1 aliphatic heterocycles. The maximum atomic E-state index is 12.1. The molecule has 1 amide bonds. The number of aryl methyl sites for hydroxylation is 1. The molecule has 2 rings (SSSR count). The molecule has 1 aromatic rings.